The lowest BCUT2D eigenvalue weighted by atomic mass is 10.0. The second kappa shape index (κ2) is 6.11. The quantitative estimate of drug-likeness (QED) is 0.768. The fourth-order valence-corrected chi connectivity index (χ4v) is 2.41. The average molecular weight is 326 g/mol. The molecule has 3 aromatic rings. The first-order valence-corrected chi connectivity index (χ1v) is 7.31. The van der Waals surface area contributed by atoms with Gasteiger partial charge in [-0.25, -0.2) is 14.2 Å². The molecule has 0 atom stereocenters. The molecule has 1 aromatic carbocycles. The molecule has 6 nitrogen and oxygen atoms in total. The highest BCUT2D eigenvalue weighted by Gasteiger charge is 2.14. The summed E-state index contributed by atoms with van der Waals surface area (Å²) in [6.45, 7) is 2.73. The predicted molar refractivity (Wildman–Crippen MR) is 87.9 cm³/mol. The van der Waals surface area contributed by atoms with Crippen molar-refractivity contribution in [2.45, 2.75) is 13.5 Å². The lowest BCUT2D eigenvalue weighted by Crippen LogP contribution is -2.01. The number of halogens is 1. The lowest BCUT2D eigenvalue weighted by Gasteiger charge is -2.08. The van der Waals surface area contributed by atoms with E-state index in [1.165, 1.54) is 12.1 Å². The van der Waals surface area contributed by atoms with Crippen LogP contribution in [0.25, 0.3) is 22.3 Å². The summed E-state index contributed by atoms with van der Waals surface area (Å²) < 4.78 is 15.7. The van der Waals surface area contributed by atoms with Crippen LogP contribution in [0.4, 0.5) is 10.2 Å². The van der Waals surface area contributed by atoms with Gasteiger partial charge < -0.3 is 10.8 Å². The van der Waals surface area contributed by atoms with E-state index in [1.807, 2.05) is 13.1 Å². The first kappa shape index (κ1) is 15.7. The number of aromatic nitrogens is 3. The molecule has 122 valence electrons. The Hall–Kier alpha value is -3.22. The zero-order chi connectivity index (χ0) is 17.3. The summed E-state index contributed by atoms with van der Waals surface area (Å²) in [6, 6.07) is 5.66. The number of nitrogens with two attached hydrogens (primary N) is 1. The second-order valence-electron chi connectivity index (χ2n) is 5.24. The molecule has 24 heavy (non-hydrogen) atoms. The van der Waals surface area contributed by atoms with Gasteiger partial charge in [0.2, 0.25) is 0 Å². The molecule has 0 unspecified atom stereocenters. The molecule has 0 bridgehead atoms. The van der Waals surface area contributed by atoms with Crippen LogP contribution in [0.1, 0.15) is 17.3 Å². The van der Waals surface area contributed by atoms with Gasteiger partial charge in [-0.1, -0.05) is 6.07 Å². The SMILES string of the molecule is CCn1cc(-c2cnc(N)c(-c3ccc(C(=O)O)c(F)c3)c2)cn1. The Bertz CT molecular complexity index is 921. The predicted octanol–water partition coefficient (Wildman–Crippen LogP) is 3.05. The van der Waals surface area contributed by atoms with Crippen LogP contribution in [-0.4, -0.2) is 25.8 Å². The number of carboxylic acids is 1. The third kappa shape index (κ3) is 2.83. The van der Waals surface area contributed by atoms with Gasteiger partial charge in [-0.05, 0) is 30.7 Å². The zero-order valence-electron chi connectivity index (χ0n) is 12.9. The molecule has 0 saturated heterocycles. The van der Waals surface area contributed by atoms with E-state index >= 15 is 0 Å². The van der Waals surface area contributed by atoms with Crippen LogP contribution in [-0.2, 0) is 6.54 Å². The number of pyridine rings is 1. The van der Waals surface area contributed by atoms with Crippen molar-refractivity contribution in [1.29, 1.82) is 0 Å². The van der Waals surface area contributed by atoms with Crippen LogP contribution in [0, 0.1) is 5.82 Å². The van der Waals surface area contributed by atoms with Gasteiger partial charge >= 0.3 is 5.97 Å². The van der Waals surface area contributed by atoms with Gasteiger partial charge in [0.05, 0.1) is 11.8 Å². The standard InChI is InChI=1S/C17H15FN4O2/c1-2-22-9-12(8-21-22)11-5-14(16(19)20-7-11)10-3-4-13(17(23)24)15(18)6-10/h3-9H,2H2,1H3,(H2,19,20)(H,23,24). The normalized spacial score (nSPS) is 10.8. The number of anilines is 1. The van der Waals surface area contributed by atoms with E-state index in [-0.39, 0.29) is 11.4 Å². The maximum atomic E-state index is 13.9. The van der Waals surface area contributed by atoms with Crippen LogP contribution in [0.3, 0.4) is 0 Å². The van der Waals surface area contributed by atoms with Crippen molar-refractivity contribution >= 4 is 11.8 Å². The van der Waals surface area contributed by atoms with Crippen molar-refractivity contribution in [1.82, 2.24) is 14.8 Å². The number of rotatable bonds is 4. The highest BCUT2D eigenvalue weighted by atomic mass is 19.1. The van der Waals surface area contributed by atoms with Crippen molar-refractivity contribution < 1.29 is 14.3 Å². The third-order valence-electron chi connectivity index (χ3n) is 3.72. The largest absolute Gasteiger partial charge is 0.478 e. The van der Waals surface area contributed by atoms with Crippen molar-refractivity contribution in [2.24, 2.45) is 0 Å². The molecule has 0 radical (unpaired) electrons. The Morgan fingerprint density at radius 2 is 2.04 bits per heavy atom. The minimum Gasteiger partial charge on any atom is -0.478 e. The molecule has 0 aliphatic carbocycles. The van der Waals surface area contributed by atoms with Crippen molar-refractivity contribution in [3.05, 3.63) is 54.2 Å². The lowest BCUT2D eigenvalue weighted by molar-refractivity contribution is 0.0692. The number of aromatic carboxylic acids is 1. The van der Waals surface area contributed by atoms with Gasteiger partial charge in [0.25, 0.3) is 0 Å². The average Bonchev–Trinajstić information content (AvgIpc) is 3.04. The minimum absolute atomic E-state index is 0.240. The summed E-state index contributed by atoms with van der Waals surface area (Å²) >= 11 is 0. The van der Waals surface area contributed by atoms with Gasteiger partial charge in [0.15, 0.2) is 0 Å². The Kier molecular flexibility index (Phi) is 3.99. The molecule has 0 fully saturated rings. The molecule has 7 heteroatoms. The molecule has 3 rings (SSSR count). The van der Waals surface area contributed by atoms with Gasteiger partial charge in [-0.3, -0.25) is 4.68 Å². The molecule has 0 spiro atoms. The molecule has 0 aliphatic heterocycles. The maximum absolute atomic E-state index is 13.9. The van der Waals surface area contributed by atoms with Gasteiger partial charge in [0, 0.05) is 35.6 Å². The molecule has 0 amide bonds. The van der Waals surface area contributed by atoms with Crippen LogP contribution < -0.4 is 5.73 Å². The smallest absolute Gasteiger partial charge is 0.338 e. The van der Waals surface area contributed by atoms with Crippen molar-refractivity contribution in [3.8, 4) is 22.3 Å². The number of benzene rings is 1. The molecular weight excluding hydrogens is 311 g/mol. The Morgan fingerprint density at radius 1 is 1.25 bits per heavy atom. The highest BCUT2D eigenvalue weighted by molar-refractivity contribution is 5.89. The van der Waals surface area contributed by atoms with Crippen LogP contribution in [0.5, 0.6) is 0 Å². The molecular formula is C17H15FN4O2. The Balaban J connectivity index is 2.06. The summed E-state index contributed by atoms with van der Waals surface area (Å²) in [5.41, 5.74) is 8.19. The van der Waals surface area contributed by atoms with Crippen molar-refractivity contribution in [2.75, 3.05) is 5.73 Å². The van der Waals surface area contributed by atoms with Crippen molar-refractivity contribution in [3.63, 3.8) is 0 Å². The van der Waals surface area contributed by atoms with Crippen LogP contribution in [0.15, 0.2) is 42.9 Å². The van der Waals surface area contributed by atoms with Crippen LogP contribution >= 0.6 is 0 Å². The zero-order valence-corrected chi connectivity index (χ0v) is 12.9. The molecule has 2 heterocycles. The number of hydrogen-bond donors (Lipinski definition) is 2. The number of hydrogen-bond acceptors (Lipinski definition) is 4. The van der Waals surface area contributed by atoms with E-state index in [0.29, 0.717) is 11.1 Å². The maximum Gasteiger partial charge on any atom is 0.338 e. The second-order valence-corrected chi connectivity index (χ2v) is 5.24. The van der Waals surface area contributed by atoms with Gasteiger partial charge in [0.1, 0.15) is 11.6 Å². The van der Waals surface area contributed by atoms with Gasteiger partial charge in [-0.15, -0.1) is 0 Å². The molecule has 2 aromatic heterocycles. The molecule has 0 aliphatic rings. The topological polar surface area (TPSA) is 94.0 Å². The number of aryl methyl sites for hydroxylation is 1. The fourth-order valence-electron chi connectivity index (χ4n) is 2.41. The van der Waals surface area contributed by atoms with Crippen LogP contribution in [0.2, 0.25) is 0 Å². The van der Waals surface area contributed by atoms with E-state index in [0.717, 1.165) is 23.7 Å². The number of nitrogen functional groups attached to an aromatic ring is 1. The first-order valence-electron chi connectivity index (χ1n) is 7.31. The number of nitrogens with zero attached hydrogens (tertiary/aromatic N) is 3. The highest BCUT2D eigenvalue weighted by Crippen LogP contribution is 2.30. The summed E-state index contributed by atoms with van der Waals surface area (Å²) in [7, 11) is 0. The Labute approximate surface area is 137 Å². The summed E-state index contributed by atoms with van der Waals surface area (Å²) in [4.78, 5) is 15.1. The van der Waals surface area contributed by atoms with E-state index in [9.17, 15) is 9.18 Å². The third-order valence-corrected chi connectivity index (χ3v) is 3.72. The summed E-state index contributed by atoms with van der Waals surface area (Å²) in [5.74, 6) is -1.89. The van der Waals surface area contributed by atoms with E-state index in [4.69, 9.17) is 10.8 Å². The first-order chi connectivity index (χ1) is 11.5. The monoisotopic (exact) mass is 326 g/mol. The van der Waals surface area contributed by atoms with E-state index in [1.54, 1.807) is 23.1 Å². The fraction of sp³-hybridized carbons (Fsp3) is 0.118. The van der Waals surface area contributed by atoms with E-state index < -0.39 is 11.8 Å². The van der Waals surface area contributed by atoms with E-state index in [2.05, 4.69) is 10.1 Å². The number of carboxylic acid groups (broad SMARTS) is 1. The molecule has 0 saturated carbocycles. The Morgan fingerprint density at radius 3 is 2.67 bits per heavy atom. The summed E-state index contributed by atoms with van der Waals surface area (Å²) in [6.07, 6.45) is 5.22. The number of carbonyl (C=O) groups is 1. The summed E-state index contributed by atoms with van der Waals surface area (Å²) in [5, 5.41) is 13.1. The minimum atomic E-state index is -1.31. The van der Waals surface area contributed by atoms with Gasteiger partial charge in [-0.2, -0.15) is 5.10 Å². The molecule has 3 N–H and O–H groups in total.